The van der Waals surface area contributed by atoms with E-state index in [4.69, 9.17) is 4.74 Å². The van der Waals surface area contributed by atoms with Crippen LogP contribution >= 0.6 is 0 Å². The summed E-state index contributed by atoms with van der Waals surface area (Å²) in [4.78, 5) is 15.0. The smallest absolute Gasteiger partial charge is 0.310 e. The van der Waals surface area contributed by atoms with E-state index in [-0.39, 0.29) is 29.7 Å². The zero-order valence-electron chi connectivity index (χ0n) is 16.2. The molecule has 0 aliphatic carbocycles. The third-order valence-corrected chi connectivity index (χ3v) is 5.69. The van der Waals surface area contributed by atoms with Gasteiger partial charge in [-0.15, -0.1) is 0 Å². The van der Waals surface area contributed by atoms with Gasteiger partial charge in [0.05, 0.1) is 6.42 Å². The molecule has 1 saturated heterocycles. The summed E-state index contributed by atoms with van der Waals surface area (Å²) < 4.78 is 6.08. The number of likely N-dealkylation sites (tertiary alicyclic amines) is 1. The molecule has 144 valence electrons. The number of benzene rings is 2. The largest absolute Gasteiger partial charge is 0.508 e. The van der Waals surface area contributed by atoms with Gasteiger partial charge in [-0.25, -0.2) is 0 Å². The molecular weight excluding hydrogens is 338 g/mol. The maximum absolute atomic E-state index is 12.7. The van der Waals surface area contributed by atoms with Crippen molar-refractivity contribution in [3.05, 3.63) is 65.7 Å². The fraction of sp³-hybridized carbons (Fsp3) is 0.435. The lowest BCUT2D eigenvalue weighted by Gasteiger charge is -2.40. The Labute approximate surface area is 161 Å². The summed E-state index contributed by atoms with van der Waals surface area (Å²) >= 11 is 0. The highest BCUT2D eigenvalue weighted by molar-refractivity contribution is 5.73. The number of phenols is 1. The molecule has 3 rings (SSSR count). The standard InChI is InChI=1S/C23H29NO3/c1-3-23(19-11-7-12-20(25)16-19)17-24(2)14-8-13-21(23)27-22(26)15-18-9-5-4-6-10-18/h4-7,9-12,16,21,25H,3,8,13-15,17H2,1-2H3/t21-,23+/m1/s1. The predicted molar refractivity (Wildman–Crippen MR) is 107 cm³/mol. The number of hydrogen-bond acceptors (Lipinski definition) is 4. The summed E-state index contributed by atoms with van der Waals surface area (Å²) in [7, 11) is 2.11. The Morgan fingerprint density at radius 3 is 2.70 bits per heavy atom. The molecule has 0 unspecified atom stereocenters. The van der Waals surface area contributed by atoms with Crippen LogP contribution in [0, 0.1) is 0 Å². The summed E-state index contributed by atoms with van der Waals surface area (Å²) in [6.07, 6.45) is 2.73. The highest BCUT2D eigenvalue weighted by atomic mass is 16.5. The van der Waals surface area contributed by atoms with Crippen molar-refractivity contribution >= 4 is 5.97 Å². The van der Waals surface area contributed by atoms with Gasteiger partial charge in [0, 0.05) is 12.0 Å². The van der Waals surface area contributed by atoms with Gasteiger partial charge in [0.25, 0.3) is 0 Å². The lowest BCUT2D eigenvalue weighted by molar-refractivity contribution is -0.152. The van der Waals surface area contributed by atoms with Crippen LogP contribution in [0.2, 0.25) is 0 Å². The quantitative estimate of drug-likeness (QED) is 0.814. The molecule has 1 fully saturated rings. The van der Waals surface area contributed by atoms with Gasteiger partial charge in [-0.2, -0.15) is 0 Å². The van der Waals surface area contributed by atoms with E-state index < -0.39 is 0 Å². The number of ether oxygens (including phenoxy) is 1. The van der Waals surface area contributed by atoms with Gasteiger partial charge in [0.15, 0.2) is 0 Å². The van der Waals surface area contributed by atoms with Crippen LogP contribution in [0.3, 0.4) is 0 Å². The normalized spacial score (nSPS) is 23.6. The van der Waals surface area contributed by atoms with Crippen LogP contribution in [0.1, 0.15) is 37.3 Å². The molecular formula is C23H29NO3. The first-order chi connectivity index (χ1) is 13.0. The second-order valence-electron chi connectivity index (χ2n) is 7.58. The van der Waals surface area contributed by atoms with Crippen molar-refractivity contribution in [3.63, 3.8) is 0 Å². The Bertz CT molecular complexity index is 761. The fourth-order valence-corrected chi connectivity index (χ4v) is 4.26. The Morgan fingerprint density at radius 1 is 1.22 bits per heavy atom. The van der Waals surface area contributed by atoms with E-state index in [0.29, 0.717) is 0 Å². The average Bonchev–Trinajstić information content (AvgIpc) is 2.81. The topological polar surface area (TPSA) is 49.8 Å². The number of likely N-dealkylation sites (N-methyl/N-ethyl adjacent to an activating group) is 1. The summed E-state index contributed by atoms with van der Waals surface area (Å²) in [6, 6.07) is 17.1. The van der Waals surface area contributed by atoms with Crippen LogP contribution in [0.4, 0.5) is 0 Å². The molecule has 2 atom stereocenters. The third-order valence-electron chi connectivity index (χ3n) is 5.69. The Morgan fingerprint density at radius 2 is 2.00 bits per heavy atom. The molecule has 0 spiro atoms. The van der Waals surface area contributed by atoms with Gasteiger partial charge in [-0.1, -0.05) is 49.4 Å². The van der Waals surface area contributed by atoms with E-state index in [1.165, 1.54) is 0 Å². The highest BCUT2D eigenvalue weighted by Gasteiger charge is 2.43. The Hall–Kier alpha value is -2.33. The maximum atomic E-state index is 12.7. The lowest BCUT2D eigenvalue weighted by atomic mass is 9.72. The molecule has 27 heavy (non-hydrogen) atoms. The van der Waals surface area contributed by atoms with Gasteiger partial charge >= 0.3 is 5.97 Å². The molecule has 1 aliphatic rings. The second-order valence-corrected chi connectivity index (χ2v) is 7.58. The van der Waals surface area contributed by atoms with Crippen molar-refractivity contribution in [1.82, 2.24) is 4.90 Å². The zero-order valence-corrected chi connectivity index (χ0v) is 16.2. The molecule has 2 aromatic carbocycles. The third kappa shape index (κ3) is 4.51. The molecule has 1 heterocycles. The van der Waals surface area contributed by atoms with Crippen molar-refractivity contribution in [2.24, 2.45) is 0 Å². The van der Waals surface area contributed by atoms with Crippen LogP contribution in [0.15, 0.2) is 54.6 Å². The van der Waals surface area contributed by atoms with Gasteiger partial charge < -0.3 is 14.7 Å². The number of esters is 1. The average molecular weight is 367 g/mol. The van der Waals surface area contributed by atoms with Crippen molar-refractivity contribution in [3.8, 4) is 5.75 Å². The summed E-state index contributed by atoms with van der Waals surface area (Å²) in [5.74, 6) is 0.0651. The molecule has 4 heteroatoms. The number of phenolic OH excluding ortho intramolecular Hbond substituents is 1. The summed E-state index contributed by atoms with van der Waals surface area (Å²) in [6.45, 7) is 3.92. The number of carbonyl (C=O) groups excluding carboxylic acids is 1. The number of carbonyl (C=O) groups is 1. The van der Waals surface area contributed by atoms with E-state index in [9.17, 15) is 9.90 Å². The molecule has 4 nitrogen and oxygen atoms in total. The summed E-state index contributed by atoms with van der Waals surface area (Å²) in [5, 5.41) is 10.0. The molecule has 1 N–H and O–H groups in total. The first-order valence-corrected chi connectivity index (χ1v) is 9.75. The SMILES string of the molecule is CC[C@@]1(c2cccc(O)c2)CN(C)CCC[C@H]1OC(=O)Cc1ccccc1. The monoisotopic (exact) mass is 367 g/mol. The van der Waals surface area contributed by atoms with Crippen LogP contribution in [-0.4, -0.2) is 42.2 Å². The minimum absolute atomic E-state index is 0.186. The van der Waals surface area contributed by atoms with E-state index in [2.05, 4.69) is 18.9 Å². The van der Waals surface area contributed by atoms with Gasteiger partial charge in [-0.3, -0.25) is 4.79 Å². The van der Waals surface area contributed by atoms with Crippen LogP contribution in [-0.2, 0) is 21.4 Å². The summed E-state index contributed by atoms with van der Waals surface area (Å²) in [5.41, 5.74) is 1.68. The predicted octanol–water partition coefficient (Wildman–Crippen LogP) is 3.92. The van der Waals surface area contributed by atoms with Crippen molar-refractivity contribution in [2.75, 3.05) is 20.1 Å². The second kappa shape index (κ2) is 8.57. The molecule has 1 aliphatic heterocycles. The van der Waals surface area contributed by atoms with E-state index in [1.54, 1.807) is 6.07 Å². The van der Waals surface area contributed by atoms with E-state index >= 15 is 0 Å². The van der Waals surface area contributed by atoms with Crippen molar-refractivity contribution in [2.45, 2.75) is 44.1 Å². The Balaban J connectivity index is 1.88. The van der Waals surface area contributed by atoms with E-state index in [1.807, 2.05) is 48.5 Å². The van der Waals surface area contributed by atoms with Gasteiger partial charge in [0.2, 0.25) is 0 Å². The molecule has 2 aromatic rings. The van der Waals surface area contributed by atoms with Crippen molar-refractivity contribution < 1.29 is 14.6 Å². The molecule has 0 aromatic heterocycles. The highest BCUT2D eigenvalue weighted by Crippen LogP contribution is 2.39. The minimum Gasteiger partial charge on any atom is -0.508 e. The lowest BCUT2D eigenvalue weighted by Crippen LogP contribution is -2.47. The number of nitrogens with zero attached hydrogens (tertiary/aromatic N) is 1. The number of aromatic hydroxyl groups is 1. The first kappa shape index (κ1) is 19.4. The van der Waals surface area contributed by atoms with Gasteiger partial charge in [0.1, 0.15) is 11.9 Å². The van der Waals surface area contributed by atoms with Crippen molar-refractivity contribution in [1.29, 1.82) is 0 Å². The fourth-order valence-electron chi connectivity index (χ4n) is 4.26. The van der Waals surface area contributed by atoms with E-state index in [0.717, 1.165) is 43.5 Å². The number of rotatable bonds is 5. The van der Waals surface area contributed by atoms with Crippen LogP contribution in [0.5, 0.6) is 5.75 Å². The van der Waals surface area contributed by atoms with Crippen LogP contribution in [0.25, 0.3) is 0 Å². The zero-order chi connectivity index (χ0) is 19.3. The Kier molecular flexibility index (Phi) is 6.17. The molecule has 0 saturated carbocycles. The molecule has 0 amide bonds. The first-order valence-electron chi connectivity index (χ1n) is 9.75. The number of hydrogen-bond donors (Lipinski definition) is 1. The van der Waals surface area contributed by atoms with Gasteiger partial charge in [-0.05, 0) is 56.1 Å². The maximum Gasteiger partial charge on any atom is 0.310 e. The molecule has 0 bridgehead atoms. The molecule has 0 radical (unpaired) electrons. The minimum atomic E-state index is -0.323. The van der Waals surface area contributed by atoms with Crippen LogP contribution < -0.4 is 0 Å².